The lowest BCUT2D eigenvalue weighted by Crippen LogP contribution is -2.43. The average molecular weight is 408 g/mol. The van der Waals surface area contributed by atoms with Crippen molar-refractivity contribution in [2.24, 2.45) is 0 Å². The van der Waals surface area contributed by atoms with E-state index in [0.29, 0.717) is 0 Å². The zero-order valence-corrected chi connectivity index (χ0v) is 16.6. The van der Waals surface area contributed by atoms with Gasteiger partial charge in [-0.1, -0.05) is 29.8 Å². The van der Waals surface area contributed by atoms with Gasteiger partial charge in [-0.15, -0.1) is 0 Å². The van der Waals surface area contributed by atoms with Crippen LogP contribution in [0.15, 0.2) is 53.4 Å². The van der Waals surface area contributed by atoms with E-state index in [2.05, 4.69) is 22.0 Å². The van der Waals surface area contributed by atoms with Gasteiger partial charge in [0.15, 0.2) is 0 Å². The molecular formula is C19H22ClN3O3S. The summed E-state index contributed by atoms with van der Waals surface area (Å²) < 4.78 is 27.4. The van der Waals surface area contributed by atoms with Crippen molar-refractivity contribution in [3.8, 4) is 0 Å². The minimum atomic E-state index is -3.73. The van der Waals surface area contributed by atoms with Crippen molar-refractivity contribution in [1.82, 2.24) is 10.2 Å². The van der Waals surface area contributed by atoms with Gasteiger partial charge in [-0.25, -0.2) is 8.42 Å². The first-order valence-electron chi connectivity index (χ1n) is 8.72. The number of likely N-dealkylation sites (tertiary alicyclic amines) is 1. The summed E-state index contributed by atoms with van der Waals surface area (Å²) in [6.45, 7) is 1.85. The van der Waals surface area contributed by atoms with Gasteiger partial charge in [-0.2, -0.15) is 0 Å². The highest BCUT2D eigenvalue weighted by molar-refractivity contribution is 7.92. The van der Waals surface area contributed by atoms with Crippen LogP contribution in [0.5, 0.6) is 0 Å². The van der Waals surface area contributed by atoms with Gasteiger partial charge in [-0.3, -0.25) is 9.52 Å². The zero-order chi connectivity index (χ0) is 19.4. The van der Waals surface area contributed by atoms with Crippen molar-refractivity contribution in [1.29, 1.82) is 0 Å². The normalized spacial score (nSPS) is 16.1. The van der Waals surface area contributed by atoms with Crippen molar-refractivity contribution in [3.05, 3.63) is 59.1 Å². The van der Waals surface area contributed by atoms with Crippen LogP contribution in [0.4, 0.5) is 5.69 Å². The number of carbonyl (C=O) groups is 1. The van der Waals surface area contributed by atoms with E-state index in [1.54, 1.807) is 18.2 Å². The first kappa shape index (κ1) is 19.7. The van der Waals surface area contributed by atoms with Gasteiger partial charge in [0, 0.05) is 11.7 Å². The van der Waals surface area contributed by atoms with E-state index in [1.165, 1.54) is 30.3 Å². The first-order chi connectivity index (χ1) is 12.8. The van der Waals surface area contributed by atoms with Crippen LogP contribution in [0.1, 0.15) is 23.2 Å². The summed E-state index contributed by atoms with van der Waals surface area (Å²) in [6, 6.07) is 12.7. The molecule has 1 amide bonds. The minimum absolute atomic E-state index is 0.0921. The van der Waals surface area contributed by atoms with Gasteiger partial charge in [0.1, 0.15) is 0 Å². The Morgan fingerprint density at radius 1 is 1.11 bits per heavy atom. The number of rotatable bonds is 5. The molecule has 0 unspecified atom stereocenters. The molecular weight excluding hydrogens is 386 g/mol. The number of nitrogens with one attached hydrogen (secondary N) is 2. The van der Waals surface area contributed by atoms with E-state index in [4.69, 9.17) is 11.6 Å². The number of piperidine rings is 1. The van der Waals surface area contributed by atoms with Crippen LogP contribution in [0, 0.1) is 0 Å². The Balaban J connectivity index is 1.75. The van der Waals surface area contributed by atoms with Gasteiger partial charge < -0.3 is 10.2 Å². The Hall–Kier alpha value is -2.09. The van der Waals surface area contributed by atoms with E-state index in [-0.39, 0.29) is 33.1 Å². The molecule has 3 rings (SSSR count). The van der Waals surface area contributed by atoms with Gasteiger partial charge in [0.05, 0.1) is 15.5 Å². The number of hydrogen-bond donors (Lipinski definition) is 2. The van der Waals surface area contributed by atoms with Crippen molar-refractivity contribution in [2.45, 2.75) is 23.8 Å². The quantitative estimate of drug-likeness (QED) is 0.798. The maximum Gasteiger partial charge on any atom is 0.261 e. The van der Waals surface area contributed by atoms with Crippen LogP contribution >= 0.6 is 11.6 Å². The molecule has 6 nitrogen and oxygen atoms in total. The maximum atomic E-state index is 12.6. The number of hydrogen-bond acceptors (Lipinski definition) is 4. The average Bonchev–Trinajstić information content (AvgIpc) is 2.65. The molecule has 0 aliphatic carbocycles. The molecule has 0 saturated carbocycles. The van der Waals surface area contributed by atoms with Crippen LogP contribution in [-0.2, 0) is 10.0 Å². The predicted molar refractivity (Wildman–Crippen MR) is 107 cm³/mol. The number of anilines is 1. The van der Waals surface area contributed by atoms with Gasteiger partial charge in [0.25, 0.3) is 15.9 Å². The van der Waals surface area contributed by atoms with Crippen molar-refractivity contribution < 1.29 is 13.2 Å². The molecule has 1 aliphatic heterocycles. The molecule has 8 heteroatoms. The highest BCUT2D eigenvalue weighted by Gasteiger charge is 2.21. The predicted octanol–water partition coefficient (Wildman–Crippen LogP) is 2.96. The molecule has 0 spiro atoms. The van der Waals surface area contributed by atoms with E-state index in [9.17, 15) is 13.2 Å². The third-order valence-electron chi connectivity index (χ3n) is 4.57. The molecule has 2 N–H and O–H groups in total. The van der Waals surface area contributed by atoms with Gasteiger partial charge >= 0.3 is 0 Å². The van der Waals surface area contributed by atoms with Crippen LogP contribution < -0.4 is 10.0 Å². The van der Waals surface area contributed by atoms with E-state index >= 15 is 0 Å². The summed E-state index contributed by atoms with van der Waals surface area (Å²) in [5, 5.41) is 3.27. The molecule has 2 aromatic rings. The molecule has 1 fully saturated rings. The van der Waals surface area contributed by atoms with Crippen molar-refractivity contribution in [2.75, 3.05) is 24.9 Å². The number of halogens is 1. The Morgan fingerprint density at radius 3 is 2.44 bits per heavy atom. The second kappa shape index (κ2) is 8.29. The standard InChI is InChI=1S/C19H22ClN3O3S/c1-23-11-9-14(10-12-23)21-19(24)17-13-15(7-8-18(17)20)22-27(25,26)16-5-3-2-4-6-16/h2-8,13-14,22H,9-12H2,1H3,(H,21,24). The van der Waals surface area contributed by atoms with Crippen LogP contribution in [0.2, 0.25) is 5.02 Å². The fourth-order valence-corrected chi connectivity index (χ4v) is 4.27. The second-order valence-electron chi connectivity index (χ2n) is 6.66. The molecule has 0 aromatic heterocycles. The van der Waals surface area contributed by atoms with Gasteiger partial charge in [0.2, 0.25) is 0 Å². The molecule has 0 atom stereocenters. The summed E-state index contributed by atoms with van der Waals surface area (Å²) >= 11 is 6.17. The van der Waals surface area contributed by atoms with E-state index < -0.39 is 10.0 Å². The molecule has 1 saturated heterocycles. The number of amides is 1. The van der Waals surface area contributed by atoms with Crippen LogP contribution in [0.25, 0.3) is 0 Å². The third-order valence-corrected chi connectivity index (χ3v) is 6.30. The van der Waals surface area contributed by atoms with Gasteiger partial charge in [-0.05, 0) is 63.3 Å². The third kappa shape index (κ3) is 5.00. The Labute approximate surface area is 164 Å². The van der Waals surface area contributed by atoms with E-state index in [1.807, 2.05) is 0 Å². The van der Waals surface area contributed by atoms with Crippen molar-refractivity contribution in [3.63, 3.8) is 0 Å². The molecule has 1 aliphatic rings. The topological polar surface area (TPSA) is 78.5 Å². The molecule has 144 valence electrons. The summed E-state index contributed by atoms with van der Waals surface area (Å²) in [6.07, 6.45) is 1.75. The monoisotopic (exact) mass is 407 g/mol. The summed E-state index contributed by atoms with van der Waals surface area (Å²) in [4.78, 5) is 15.0. The zero-order valence-electron chi connectivity index (χ0n) is 15.0. The Bertz CT molecular complexity index is 911. The SMILES string of the molecule is CN1CCC(NC(=O)c2cc(NS(=O)(=O)c3ccccc3)ccc2Cl)CC1. The van der Waals surface area contributed by atoms with Crippen LogP contribution in [0.3, 0.4) is 0 Å². The molecule has 2 aromatic carbocycles. The second-order valence-corrected chi connectivity index (χ2v) is 8.75. The molecule has 1 heterocycles. The number of benzene rings is 2. The fraction of sp³-hybridized carbons (Fsp3) is 0.316. The largest absolute Gasteiger partial charge is 0.349 e. The minimum Gasteiger partial charge on any atom is -0.349 e. The maximum absolute atomic E-state index is 12.6. The molecule has 27 heavy (non-hydrogen) atoms. The first-order valence-corrected chi connectivity index (χ1v) is 10.6. The highest BCUT2D eigenvalue weighted by Crippen LogP contribution is 2.23. The Morgan fingerprint density at radius 2 is 1.78 bits per heavy atom. The number of nitrogens with zero attached hydrogens (tertiary/aromatic N) is 1. The van der Waals surface area contributed by atoms with E-state index in [0.717, 1.165) is 25.9 Å². The number of carbonyl (C=O) groups excluding carboxylic acids is 1. The van der Waals surface area contributed by atoms with Crippen molar-refractivity contribution >= 4 is 33.2 Å². The number of sulfonamides is 1. The summed E-state index contributed by atoms with van der Waals surface area (Å²) in [7, 11) is -1.68. The highest BCUT2D eigenvalue weighted by atomic mass is 35.5. The lowest BCUT2D eigenvalue weighted by atomic mass is 10.0. The smallest absolute Gasteiger partial charge is 0.261 e. The summed E-state index contributed by atoms with van der Waals surface area (Å²) in [5.41, 5.74) is 0.542. The molecule has 0 radical (unpaired) electrons. The van der Waals surface area contributed by atoms with Crippen LogP contribution in [-0.4, -0.2) is 45.4 Å². The lowest BCUT2D eigenvalue weighted by Gasteiger charge is -2.29. The summed E-state index contributed by atoms with van der Waals surface area (Å²) in [5.74, 6) is -0.296. The fourth-order valence-electron chi connectivity index (χ4n) is 2.99. The lowest BCUT2D eigenvalue weighted by molar-refractivity contribution is 0.0917. The molecule has 0 bridgehead atoms. The Kier molecular flexibility index (Phi) is 6.04.